The number of halogens is 3. The van der Waals surface area contributed by atoms with E-state index < -0.39 is 41.3 Å². The molecule has 0 saturated carbocycles. The van der Waals surface area contributed by atoms with Crippen LogP contribution in [0.3, 0.4) is 0 Å². The first-order valence-corrected chi connectivity index (χ1v) is 10.5. The van der Waals surface area contributed by atoms with Gasteiger partial charge in [-0.2, -0.15) is 13.2 Å². The Morgan fingerprint density at radius 3 is 2.67 bits per heavy atom. The first kappa shape index (κ1) is 22.1. The summed E-state index contributed by atoms with van der Waals surface area (Å²) in [5, 5.41) is 11.5. The van der Waals surface area contributed by atoms with Gasteiger partial charge in [0, 0.05) is 12.2 Å². The van der Waals surface area contributed by atoms with Gasteiger partial charge in [-0.3, -0.25) is 4.79 Å². The average molecular weight is 442 g/mol. The molecule has 2 aromatic rings. The van der Waals surface area contributed by atoms with Crippen molar-refractivity contribution in [3.8, 4) is 0 Å². The van der Waals surface area contributed by atoms with Crippen LogP contribution in [-0.4, -0.2) is 39.2 Å². The highest BCUT2D eigenvalue weighted by Crippen LogP contribution is 2.24. The molecule has 2 aromatic carbocycles. The predicted molar refractivity (Wildman–Crippen MR) is 103 cm³/mol. The van der Waals surface area contributed by atoms with E-state index in [2.05, 4.69) is 0 Å². The van der Waals surface area contributed by atoms with E-state index >= 15 is 0 Å². The number of carbonyl (C=O) groups is 1. The number of sulfone groups is 1. The number of nitrogens with one attached hydrogen (secondary N) is 1. The molecule has 1 heterocycles. The maximum Gasteiger partial charge on any atom is 0.491 e. The van der Waals surface area contributed by atoms with Crippen LogP contribution in [0, 0.1) is 0 Å². The van der Waals surface area contributed by atoms with Crippen LogP contribution in [0.4, 0.5) is 18.9 Å². The molecule has 0 atom stereocenters. The Kier molecular flexibility index (Phi) is 6.11. The van der Waals surface area contributed by atoms with Crippen molar-refractivity contribution in [3.05, 3.63) is 53.1 Å². The Bertz CT molecular complexity index is 1080. The molecule has 0 unspecified atom stereocenters. The average Bonchev–Trinajstić information content (AvgIpc) is 3.01. The smallest absolute Gasteiger partial charge is 0.423 e. The number of anilines is 1. The molecular weight excluding hydrogens is 424 g/mol. The van der Waals surface area contributed by atoms with Crippen molar-refractivity contribution in [2.24, 2.45) is 0 Å². The van der Waals surface area contributed by atoms with Gasteiger partial charge in [0.1, 0.15) is 0 Å². The van der Waals surface area contributed by atoms with Gasteiger partial charge in [-0.1, -0.05) is 18.2 Å². The van der Waals surface area contributed by atoms with Crippen molar-refractivity contribution in [2.45, 2.75) is 29.9 Å². The fourth-order valence-corrected chi connectivity index (χ4v) is 4.77. The van der Waals surface area contributed by atoms with Crippen molar-refractivity contribution >= 4 is 34.0 Å². The van der Waals surface area contributed by atoms with E-state index in [-0.39, 0.29) is 29.2 Å². The maximum atomic E-state index is 13.0. The van der Waals surface area contributed by atoms with Gasteiger partial charge in [0.2, 0.25) is 0 Å². The van der Waals surface area contributed by atoms with Crippen LogP contribution < -0.4 is 16.5 Å². The molecule has 0 aliphatic carbocycles. The van der Waals surface area contributed by atoms with Crippen LogP contribution >= 0.6 is 0 Å². The third-order valence-corrected chi connectivity index (χ3v) is 6.37. The van der Waals surface area contributed by atoms with Gasteiger partial charge in [0.15, 0.2) is 9.84 Å². The third kappa shape index (κ3) is 4.94. The first-order valence-electron chi connectivity index (χ1n) is 8.85. The van der Waals surface area contributed by atoms with E-state index in [0.29, 0.717) is 11.0 Å². The van der Waals surface area contributed by atoms with E-state index in [4.69, 9.17) is 10.4 Å². The van der Waals surface area contributed by atoms with Crippen molar-refractivity contribution in [1.29, 1.82) is 0 Å². The summed E-state index contributed by atoms with van der Waals surface area (Å²) in [5.74, 6) is -2.49. The summed E-state index contributed by atoms with van der Waals surface area (Å²) in [4.78, 5) is 10.9. The summed E-state index contributed by atoms with van der Waals surface area (Å²) in [6.45, 7) is -0.179. The highest BCUT2D eigenvalue weighted by molar-refractivity contribution is 7.90. The molecule has 0 spiro atoms. The lowest BCUT2D eigenvalue weighted by atomic mass is 9.79. The SMILES string of the molecule is Nc1ccc(S(=O)(=O)Cc2ccc3c(c2)B(O)OC3)c(CCNC(=O)C(F)(F)F)c1. The summed E-state index contributed by atoms with van der Waals surface area (Å²) < 4.78 is 68.0. The number of hydrogen-bond acceptors (Lipinski definition) is 6. The normalized spacial score (nSPS) is 13.9. The highest BCUT2D eigenvalue weighted by Gasteiger charge is 2.38. The van der Waals surface area contributed by atoms with Gasteiger partial charge in [-0.25, -0.2) is 8.42 Å². The second kappa shape index (κ2) is 8.28. The van der Waals surface area contributed by atoms with E-state index in [9.17, 15) is 31.4 Å². The van der Waals surface area contributed by atoms with Gasteiger partial charge >= 0.3 is 19.2 Å². The monoisotopic (exact) mass is 442 g/mol. The number of rotatable bonds is 6. The van der Waals surface area contributed by atoms with Crippen molar-refractivity contribution in [3.63, 3.8) is 0 Å². The number of nitrogens with two attached hydrogens (primary N) is 1. The lowest BCUT2D eigenvalue weighted by molar-refractivity contribution is -0.173. The zero-order valence-corrected chi connectivity index (χ0v) is 16.4. The lowest BCUT2D eigenvalue weighted by Gasteiger charge is -2.13. The second-order valence-corrected chi connectivity index (χ2v) is 8.78. The first-order chi connectivity index (χ1) is 14.0. The zero-order valence-electron chi connectivity index (χ0n) is 15.6. The minimum absolute atomic E-state index is 0.0877. The van der Waals surface area contributed by atoms with Gasteiger partial charge < -0.3 is 20.7 Å². The third-order valence-electron chi connectivity index (χ3n) is 4.59. The fraction of sp³-hybridized carbons (Fsp3) is 0.278. The Hall–Kier alpha value is -2.57. The number of carbonyl (C=O) groups excluding carboxylic acids is 1. The zero-order chi connectivity index (χ0) is 22.1. The Morgan fingerprint density at radius 2 is 1.97 bits per heavy atom. The standard InChI is InChI=1S/C18H18BF3N2O5S/c20-18(21,22)17(25)24-6-5-12-8-14(23)3-4-16(12)30(27,28)10-11-1-2-13-9-29-19(26)15(13)7-11/h1-4,7-8,26H,5-6,9-10,23H2,(H,24,25). The number of benzene rings is 2. The van der Waals surface area contributed by atoms with Crippen LogP contribution in [0.2, 0.25) is 0 Å². The molecule has 30 heavy (non-hydrogen) atoms. The van der Waals surface area contributed by atoms with Gasteiger partial charge in [-0.05, 0) is 46.8 Å². The molecule has 1 amide bonds. The molecule has 1 aliphatic heterocycles. The second-order valence-electron chi connectivity index (χ2n) is 6.83. The number of nitrogen functional groups attached to an aromatic ring is 1. The van der Waals surface area contributed by atoms with Gasteiger partial charge in [0.05, 0.1) is 17.3 Å². The quantitative estimate of drug-likeness (QED) is 0.448. The van der Waals surface area contributed by atoms with E-state index in [1.54, 1.807) is 23.5 Å². The van der Waals surface area contributed by atoms with Crippen molar-refractivity contribution < 1.29 is 36.1 Å². The molecule has 0 fully saturated rings. The van der Waals surface area contributed by atoms with Gasteiger partial charge in [0.25, 0.3) is 0 Å². The molecule has 4 N–H and O–H groups in total. The summed E-state index contributed by atoms with van der Waals surface area (Å²) in [7, 11) is -5.01. The number of alkyl halides is 3. The summed E-state index contributed by atoms with van der Waals surface area (Å²) >= 11 is 0. The molecule has 0 radical (unpaired) electrons. The molecule has 1 aliphatic rings. The van der Waals surface area contributed by atoms with Crippen LogP contribution in [0.1, 0.15) is 16.7 Å². The fourth-order valence-electron chi connectivity index (χ4n) is 3.16. The summed E-state index contributed by atoms with van der Waals surface area (Å²) in [6.07, 6.45) is -5.18. The van der Waals surface area contributed by atoms with E-state index in [0.717, 1.165) is 5.56 Å². The van der Waals surface area contributed by atoms with E-state index in [1.807, 2.05) is 0 Å². The molecule has 3 rings (SSSR count). The maximum absolute atomic E-state index is 13.0. The predicted octanol–water partition coefficient (Wildman–Crippen LogP) is 0.681. The highest BCUT2D eigenvalue weighted by atomic mass is 32.2. The Labute approximate surface area is 171 Å². The molecule has 160 valence electrons. The molecular formula is C18H18BF3N2O5S. The Morgan fingerprint density at radius 1 is 1.23 bits per heavy atom. The number of fused-ring (bicyclic) bond motifs is 1. The van der Waals surface area contributed by atoms with E-state index in [1.165, 1.54) is 18.2 Å². The molecule has 0 saturated heterocycles. The molecule has 12 heteroatoms. The number of amides is 1. The van der Waals surface area contributed by atoms with Crippen LogP contribution in [-0.2, 0) is 38.1 Å². The van der Waals surface area contributed by atoms with Gasteiger partial charge in [-0.15, -0.1) is 0 Å². The largest absolute Gasteiger partial charge is 0.491 e. The summed E-state index contributed by atoms with van der Waals surface area (Å²) in [6, 6.07) is 8.85. The van der Waals surface area contributed by atoms with Crippen molar-refractivity contribution in [2.75, 3.05) is 12.3 Å². The molecule has 0 aromatic heterocycles. The number of hydrogen-bond donors (Lipinski definition) is 3. The minimum Gasteiger partial charge on any atom is -0.423 e. The Balaban J connectivity index is 1.80. The van der Waals surface area contributed by atoms with Crippen molar-refractivity contribution in [1.82, 2.24) is 5.32 Å². The topological polar surface area (TPSA) is 119 Å². The summed E-state index contributed by atoms with van der Waals surface area (Å²) in [5.41, 5.74) is 7.81. The van der Waals surface area contributed by atoms with Crippen LogP contribution in [0.25, 0.3) is 0 Å². The van der Waals surface area contributed by atoms with Crippen LogP contribution in [0.15, 0.2) is 41.3 Å². The molecule has 7 nitrogen and oxygen atoms in total. The lowest BCUT2D eigenvalue weighted by Crippen LogP contribution is -2.37. The van der Waals surface area contributed by atoms with Crippen LogP contribution in [0.5, 0.6) is 0 Å². The minimum atomic E-state index is -5.02. The molecule has 0 bridgehead atoms.